The SMILES string of the molecule is CCc1nc2n(n1)CCC[C@H]2NS(=O)(=O)N(C)CCC#N. The molecule has 0 radical (unpaired) electrons. The Morgan fingerprint density at radius 3 is 3.00 bits per heavy atom. The van der Waals surface area contributed by atoms with E-state index in [1.807, 2.05) is 13.0 Å². The van der Waals surface area contributed by atoms with Crippen molar-refractivity contribution < 1.29 is 8.42 Å². The van der Waals surface area contributed by atoms with Crippen LogP contribution in [0.15, 0.2) is 0 Å². The zero-order valence-electron chi connectivity index (χ0n) is 12.3. The number of nitrogens with one attached hydrogen (secondary N) is 1. The molecule has 1 aliphatic heterocycles. The molecule has 1 aliphatic rings. The molecular formula is C12H20N6O2S. The fraction of sp³-hybridized carbons (Fsp3) is 0.750. The van der Waals surface area contributed by atoms with Gasteiger partial charge in [0.05, 0.1) is 12.1 Å². The number of nitrogens with zero attached hydrogens (tertiary/aromatic N) is 5. The molecular weight excluding hydrogens is 292 g/mol. The van der Waals surface area contributed by atoms with Crippen LogP contribution >= 0.6 is 0 Å². The maximum atomic E-state index is 12.2. The molecule has 0 saturated carbocycles. The lowest BCUT2D eigenvalue weighted by Gasteiger charge is -2.25. The summed E-state index contributed by atoms with van der Waals surface area (Å²) in [6.07, 6.45) is 2.45. The van der Waals surface area contributed by atoms with Crippen LogP contribution < -0.4 is 4.72 Å². The molecule has 2 rings (SSSR count). The van der Waals surface area contributed by atoms with Crippen molar-refractivity contribution in [1.29, 1.82) is 5.26 Å². The van der Waals surface area contributed by atoms with Crippen LogP contribution in [0.4, 0.5) is 0 Å². The maximum Gasteiger partial charge on any atom is 0.279 e. The van der Waals surface area contributed by atoms with Gasteiger partial charge in [-0.3, -0.25) is 0 Å². The van der Waals surface area contributed by atoms with Gasteiger partial charge in [-0.2, -0.15) is 27.8 Å². The van der Waals surface area contributed by atoms with E-state index < -0.39 is 10.2 Å². The minimum absolute atomic E-state index is 0.165. The molecule has 9 heteroatoms. The molecule has 1 aromatic rings. The van der Waals surface area contributed by atoms with Crippen LogP contribution in [0.3, 0.4) is 0 Å². The minimum Gasteiger partial charge on any atom is -0.248 e. The van der Waals surface area contributed by atoms with Crippen molar-refractivity contribution in [3.05, 3.63) is 11.6 Å². The maximum absolute atomic E-state index is 12.2. The van der Waals surface area contributed by atoms with Crippen molar-refractivity contribution in [3.8, 4) is 6.07 Å². The number of aryl methyl sites for hydroxylation is 2. The Kier molecular flexibility index (Phi) is 4.92. The first-order valence-electron chi connectivity index (χ1n) is 7.02. The average Bonchev–Trinajstić information content (AvgIpc) is 2.88. The van der Waals surface area contributed by atoms with Crippen LogP contribution in [-0.2, 0) is 23.2 Å². The molecule has 8 nitrogen and oxygen atoms in total. The molecule has 0 amide bonds. The normalized spacial score (nSPS) is 18.5. The molecule has 0 unspecified atom stereocenters. The standard InChI is InChI=1S/C12H20N6O2S/c1-3-11-14-12-10(6-4-9-18(12)15-11)16-21(19,20)17(2)8-5-7-13/h10,16H,3-6,8-9H2,1-2H3/t10-/m1/s1. The average molecular weight is 312 g/mol. The van der Waals surface area contributed by atoms with Crippen molar-refractivity contribution in [3.63, 3.8) is 0 Å². The molecule has 1 N–H and O–H groups in total. The summed E-state index contributed by atoms with van der Waals surface area (Å²) in [6.45, 7) is 2.91. The van der Waals surface area contributed by atoms with E-state index in [-0.39, 0.29) is 19.0 Å². The molecule has 2 heterocycles. The highest BCUT2D eigenvalue weighted by atomic mass is 32.2. The fourth-order valence-electron chi connectivity index (χ4n) is 2.26. The summed E-state index contributed by atoms with van der Waals surface area (Å²) in [6, 6.07) is 1.58. The van der Waals surface area contributed by atoms with Crippen molar-refractivity contribution in [2.45, 2.75) is 45.2 Å². The molecule has 1 atom stereocenters. The molecule has 0 bridgehead atoms. The lowest BCUT2D eigenvalue weighted by Crippen LogP contribution is -2.42. The third kappa shape index (κ3) is 3.58. The number of fused-ring (bicyclic) bond motifs is 1. The van der Waals surface area contributed by atoms with Gasteiger partial charge in [-0.25, -0.2) is 9.67 Å². The predicted molar refractivity (Wildman–Crippen MR) is 76.3 cm³/mol. The Balaban J connectivity index is 2.14. The van der Waals surface area contributed by atoms with Gasteiger partial charge in [0.1, 0.15) is 5.82 Å². The highest BCUT2D eigenvalue weighted by Crippen LogP contribution is 2.24. The molecule has 0 aliphatic carbocycles. The Morgan fingerprint density at radius 2 is 2.33 bits per heavy atom. The van der Waals surface area contributed by atoms with E-state index in [4.69, 9.17) is 5.26 Å². The van der Waals surface area contributed by atoms with Gasteiger partial charge in [-0.1, -0.05) is 6.92 Å². The quantitative estimate of drug-likeness (QED) is 0.816. The van der Waals surface area contributed by atoms with Gasteiger partial charge < -0.3 is 0 Å². The van der Waals surface area contributed by atoms with E-state index in [9.17, 15) is 8.42 Å². The van der Waals surface area contributed by atoms with Crippen LogP contribution in [0.1, 0.15) is 43.9 Å². The third-order valence-corrected chi connectivity index (χ3v) is 5.06. The number of hydrogen-bond acceptors (Lipinski definition) is 5. The van der Waals surface area contributed by atoms with Crippen LogP contribution in [0.5, 0.6) is 0 Å². The molecule has 0 aromatic carbocycles. The molecule has 0 saturated heterocycles. The second-order valence-corrected chi connectivity index (χ2v) is 6.82. The Morgan fingerprint density at radius 1 is 1.57 bits per heavy atom. The third-order valence-electron chi connectivity index (χ3n) is 3.47. The van der Waals surface area contributed by atoms with Gasteiger partial charge >= 0.3 is 0 Å². The van der Waals surface area contributed by atoms with E-state index in [2.05, 4.69) is 14.8 Å². The second-order valence-electron chi connectivity index (χ2n) is 5.01. The lowest BCUT2D eigenvalue weighted by molar-refractivity contribution is 0.385. The first-order chi connectivity index (χ1) is 9.97. The van der Waals surface area contributed by atoms with Gasteiger partial charge in [-0.05, 0) is 12.8 Å². The molecule has 21 heavy (non-hydrogen) atoms. The highest BCUT2D eigenvalue weighted by molar-refractivity contribution is 7.87. The highest BCUT2D eigenvalue weighted by Gasteiger charge is 2.29. The van der Waals surface area contributed by atoms with Crippen molar-refractivity contribution >= 4 is 10.2 Å². The smallest absolute Gasteiger partial charge is 0.248 e. The van der Waals surface area contributed by atoms with Gasteiger partial charge in [0.15, 0.2) is 5.82 Å². The Labute approximate surface area is 125 Å². The summed E-state index contributed by atoms with van der Waals surface area (Å²) in [5.74, 6) is 1.41. The first-order valence-corrected chi connectivity index (χ1v) is 8.46. The van der Waals surface area contributed by atoms with Gasteiger partial charge in [0.25, 0.3) is 10.2 Å². The molecule has 0 spiro atoms. The van der Waals surface area contributed by atoms with Crippen molar-refractivity contribution in [1.82, 2.24) is 23.8 Å². The van der Waals surface area contributed by atoms with Crippen molar-refractivity contribution in [2.75, 3.05) is 13.6 Å². The first kappa shape index (κ1) is 15.9. The topological polar surface area (TPSA) is 104 Å². The van der Waals surface area contributed by atoms with Gasteiger partial charge in [0.2, 0.25) is 0 Å². The van der Waals surface area contributed by atoms with E-state index in [0.29, 0.717) is 12.2 Å². The molecule has 1 aromatic heterocycles. The van der Waals surface area contributed by atoms with E-state index >= 15 is 0 Å². The zero-order chi connectivity index (χ0) is 15.5. The number of nitriles is 1. The lowest BCUT2D eigenvalue weighted by atomic mass is 10.1. The fourth-order valence-corrected chi connectivity index (χ4v) is 3.35. The number of aromatic nitrogens is 3. The minimum atomic E-state index is -3.62. The molecule has 0 fully saturated rings. The van der Waals surface area contributed by atoms with E-state index in [0.717, 1.165) is 29.5 Å². The van der Waals surface area contributed by atoms with Gasteiger partial charge in [0, 0.05) is 33.0 Å². The van der Waals surface area contributed by atoms with Crippen LogP contribution in [0.25, 0.3) is 0 Å². The largest absolute Gasteiger partial charge is 0.279 e. The van der Waals surface area contributed by atoms with Crippen LogP contribution in [0.2, 0.25) is 0 Å². The van der Waals surface area contributed by atoms with Crippen molar-refractivity contribution in [2.24, 2.45) is 0 Å². The summed E-state index contributed by atoms with van der Waals surface area (Å²) in [5, 5.41) is 12.9. The Bertz CT molecular complexity index is 633. The monoisotopic (exact) mass is 312 g/mol. The summed E-state index contributed by atoms with van der Waals surface area (Å²) in [4.78, 5) is 4.41. The Hall–Kier alpha value is -1.50. The van der Waals surface area contributed by atoms with E-state index in [1.54, 1.807) is 4.68 Å². The van der Waals surface area contributed by atoms with Gasteiger partial charge in [-0.15, -0.1) is 0 Å². The molecule has 116 valence electrons. The summed E-state index contributed by atoms with van der Waals surface area (Å²) >= 11 is 0. The summed E-state index contributed by atoms with van der Waals surface area (Å²) in [5.41, 5.74) is 0. The van der Waals surface area contributed by atoms with E-state index in [1.165, 1.54) is 7.05 Å². The predicted octanol–water partition coefficient (Wildman–Crippen LogP) is 0.355. The zero-order valence-corrected chi connectivity index (χ0v) is 13.1. The van der Waals surface area contributed by atoms with Crippen LogP contribution in [0, 0.1) is 11.3 Å². The summed E-state index contributed by atoms with van der Waals surface area (Å²) in [7, 11) is -2.16. The number of rotatable bonds is 6. The summed E-state index contributed by atoms with van der Waals surface area (Å²) < 4.78 is 30.1. The number of hydrogen-bond donors (Lipinski definition) is 1. The van der Waals surface area contributed by atoms with Crippen LogP contribution in [-0.4, -0.2) is 41.1 Å². The second kappa shape index (κ2) is 6.51.